The van der Waals surface area contributed by atoms with Crippen LogP contribution in [0.15, 0.2) is 29.2 Å². The smallest absolute Gasteiger partial charge is 0.00721 e. The largest absolute Gasteiger partial charge is 0.303 e. The van der Waals surface area contributed by atoms with Crippen molar-refractivity contribution in [3.05, 3.63) is 29.8 Å². The van der Waals surface area contributed by atoms with Crippen molar-refractivity contribution in [2.75, 3.05) is 25.4 Å². The number of thioether (sulfide) groups is 1. The molecule has 0 spiro atoms. The van der Waals surface area contributed by atoms with Crippen LogP contribution in [-0.2, 0) is 6.42 Å². The zero-order chi connectivity index (χ0) is 17.6. The Morgan fingerprint density at radius 3 is 2.00 bits per heavy atom. The van der Waals surface area contributed by atoms with E-state index in [-0.39, 0.29) is 0 Å². The molecule has 1 nitrogen and oxygen atoms in total. The number of benzene rings is 1. The molecule has 0 aliphatic rings. The third kappa shape index (κ3) is 10.4. The average Bonchev–Trinajstić information content (AvgIpc) is 2.58. The zero-order valence-corrected chi connectivity index (χ0v) is 17.3. The monoisotopic (exact) mass is 349 g/mol. The minimum atomic E-state index is 0.806. The van der Waals surface area contributed by atoms with E-state index < -0.39 is 0 Å². The minimum Gasteiger partial charge on any atom is -0.303 e. The number of unbranched alkanes of at least 4 members (excludes halogenated alkanes) is 2. The molecule has 1 rings (SSSR count). The number of rotatable bonds is 14. The molecule has 24 heavy (non-hydrogen) atoms. The molecule has 2 heteroatoms. The van der Waals surface area contributed by atoms with Crippen LogP contribution in [0.4, 0.5) is 0 Å². The summed E-state index contributed by atoms with van der Waals surface area (Å²) in [6.45, 7) is 13.0. The minimum absolute atomic E-state index is 0.806. The molecule has 0 aromatic heterocycles. The van der Waals surface area contributed by atoms with Crippen molar-refractivity contribution in [1.29, 1.82) is 0 Å². The third-order valence-electron chi connectivity index (χ3n) is 4.48. The summed E-state index contributed by atoms with van der Waals surface area (Å²) < 4.78 is 0. The first-order valence-corrected chi connectivity index (χ1v) is 11.1. The van der Waals surface area contributed by atoms with Crippen LogP contribution in [0, 0.1) is 5.92 Å². The van der Waals surface area contributed by atoms with Crippen LogP contribution in [0.3, 0.4) is 0 Å². The fourth-order valence-corrected chi connectivity index (χ4v) is 3.92. The first-order chi connectivity index (χ1) is 11.7. The highest BCUT2D eigenvalue weighted by Gasteiger charge is 2.04. The maximum absolute atomic E-state index is 2.67. The second-order valence-corrected chi connectivity index (χ2v) is 8.50. The maximum Gasteiger partial charge on any atom is 0.00721 e. The number of aryl methyl sites for hydroxylation is 1. The Morgan fingerprint density at radius 2 is 1.46 bits per heavy atom. The molecule has 0 aliphatic heterocycles. The molecule has 0 radical (unpaired) electrons. The van der Waals surface area contributed by atoms with E-state index in [4.69, 9.17) is 0 Å². The van der Waals surface area contributed by atoms with Crippen molar-refractivity contribution in [1.82, 2.24) is 4.90 Å². The summed E-state index contributed by atoms with van der Waals surface area (Å²) in [4.78, 5) is 4.09. The van der Waals surface area contributed by atoms with Crippen LogP contribution < -0.4 is 0 Å². The van der Waals surface area contributed by atoms with E-state index in [0.29, 0.717) is 0 Å². The van der Waals surface area contributed by atoms with Gasteiger partial charge in [0.05, 0.1) is 0 Å². The van der Waals surface area contributed by atoms with Gasteiger partial charge in [0.25, 0.3) is 0 Å². The second-order valence-electron chi connectivity index (χ2n) is 7.33. The Morgan fingerprint density at radius 1 is 0.875 bits per heavy atom. The molecule has 0 heterocycles. The average molecular weight is 350 g/mol. The van der Waals surface area contributed by atoms with Crippen molar-refractivity contribution < 1.29 is 0 Å². The van der Waals surface area contributed by atoms with Crippen LogP contribution in [0.5, 0.6) is 0 Å². The Kier molecular flexibility index (Phi) is 12.4. The molecule has 0 aliphatic carbocycles. The molecular weight excluding hydrogens is 310 g/mol. The van der Waals surface area contributed by atoms with Gasteiger partial charge in [-0.15, -0.1) is 11.8 Å². The molecule has 0 saturated carbocycles. The van der Waals surface area contributed by atoms with E-state index in [1.807, 2.05) is 11.8 Å². The van der Waals surface area contributed by atoms with Crippen molar-refractivity contribution in [3.8, 4) is 0 Å². The number of hydrogen-bond donors (Lipinski definition) is 0. The highest BCUT2D eigenvalue weighted by atomic mass is 32.2. The second kappa shape index (κ2) is 13.8. The van der Waals surface area contributed by atoms with E-state index >= 15 is 0 Å². The molecule has 1 aromatic rings. The molecule has 0 unspecified atom stereocenters. The van der Waals surface area contributed by atoms with E-state index in [9.17, 15) is 0 Å². The summed E-state index contributed by atoms with van der Waals surface area (Å²) in [6.07, 6.45) is 9.09. The quantitative estimate of drug-likeness (QED) is 0.345. The normalized spacial score (nSPS) is 11.6. The SMILES string of the molecule is CCCCN(CCCC)CCCc1ccc(SCCC(C)C)cc1. The lowest BCUT2D eigenvalue weighted by Gasteiger charge is -2.21. The Bertz CT molecular complexity index is 391. The fraction of sp³-hybridized carbons (Fsp3) is 0.727. The number of hydrogen-bond acceptors (Lipinski definition) is 2. The molecule has 0 amide bonds. The van der Waals surface area contributed by atoms with Crippen LogP contribution in [0.1, 0.15) is 71.8 Å². The highest BCUT2D eigenvalue weighted by Crippen LogP contribution is 2.21. The van der Waals surface area contributed by atoms with Gasteiger partial charge in [-0.3, -0.25) is 0 Å². The van der Waals surface area contributed by atoms with Crippen LogP contribution >= 0.6 is 11.8 Å². The lowest BCUT2D eigenvalue weighted by molar-refractivity contribution is 0.262. The summed E-state index contributed by atoms with van der Waals surface area (Å²) in [7, 11) is 0. The first kappa shape index (κ1) is 21.6. The molecule has 1 aromatic carbocycles. The molecule has 0 fully saturated rings. The van der Waals surface area contributed by atoms with Gasteiger partial charge < -0.3 is 4.90 Å². The Balaban J connectivity index is 2.29. The van der Waals surface area contributed by atoms with Crippen molar-refractivity contribution in [2.24, 2.45) is 5.92 Å². The van der Waals surface area contributed by atoms with Gasteiger partial charge in [-0.25, -0.2) is 0 Å². The summed E-state index contributed by atoms with van der Waals surface area (Å²) >= 11 is 2.00. The maximum atomic E-state index is 2.67. The van der Waals surface area contributed by atoms with Crippen molar-refractivity contribution in [3.63, 3.8) is 0 Å². The van der Waals surface area contributed by atoms with Crippen LogP contribution in [-0.4, -0.2) is 30.3 Å². The predicted molar refractivity (Wildman–Crippen MR) is 111 cm³/mol. The summed E-state index contributed by atoms with van der Waals surface area (Å²) in [6, 6.07) is 9.29. The van der Waals surface area contributed by atoms with Crippen LogP contribution in [0.25, 0.3) is 0 Å². The van der Waals surface area contributed by atoms with Gasteiger partial charge >= 0.3 is 0 Å². The Hall–Kier alpha value is -0.470. The van der Waals surface area contributed by atoms with E-state index in [0.717, 1.165) is 5.92 Å². The fourth-order valence-electron chi connectivity index (χ4n) is 2.77. The molecular formula is C22H39NS. The van der Waals surface area contributed by atoms with Crippen LogP contribution in [0.2, 0.25) is 0 Å². The van der Waals surface area contributed by atoms with Gasteiger partial charge in [-0.1, -0.05) is 52.7 Å². The van der Waals surface area contributed by atoms with E-state index in [1.165, 1.54) is 80.8 Å². The van der Waals surface area contributed by atoms with Gasteiger partial charge in [0.2, 0.25) is 0 Å². The van der Waals surface area contributed by atoms with Crippen molar-refractivity contribution in [2.45, 2.75) is 77.5 Å². The third-order valence-corrected chi connectivity index (χ3v) is 5.53. The number of nitrogens with zero attached hydrogens (tertiary/aromatic N) is 1. The first-order valence-electron chi connectivity index (χ1n) is 10.1. The highest BCUT2D eigenvalue weighted by molar-refractivity contribution is 7.99. The summed E-state index contributed by atoms with van der Waals surface area (Å²) in [5.74, 6) is 2.04. The van der Waals surface area contributed by atoms with Gasteiger partial charge in [0, 0.05) is 4.90 Å². The summed E-state index contributed by atoms with van der Waals surface area (Å²) in [5, 5.41) is 0. The molecule has 138 valence electrons. The molecule has 0 bridgehead atoms. The standard InChI is InChI=1S/C22H39NS/c1-5-7-16-23(17-8-6-2)18-9-10-21-11-13-22(14-12-21)24-19-15-20(3)4/h11-14,20H,5-10,15-19H2,1-4H3. The predicted octanol–water partition coefficient (Wildman–Crippen LogP) is 6.66. The Labute approximate surface area is 155 Å². The molecule has 0 atom stereocenters. The van der Waals surface area contributed by atoms with Crippen molar-refractivity contribution >= 4 is 11.8 Å². The molecule has 0 saturated heterocycles. The zero-order valence-electron chi connectivity index (χ0n) is 16.5. The van der Waals surface area contributed by atoms with E-state index in [1.54, 1.807) is 0 Å². The molecule has 0 N–H and O–H groups in total. The van der Waals surface area contributed by atoms with E-state index in [2.05, 4.69) is 56.9 Å². The van der Waals surface area contributed by atoms with Gasteiger partial charge in [0.15, 0.2) is 0 Å². The van der Waals surface area contributed by atoms with Gasteiger partial charge in [-0.2, -0.15) is 0 Å². The van der Waals surface area contributed by atoms with Gasteiger partial charge in [0.1, 0.15) is 0 Å². The topological polar surface area (TPSA) is 3.24 Å². The lowest BCUT2D eigenvalue weighted by Crippen LogP contribution is -2.27. The lowest BCUT2D eigenvalue weighted by atomic mass is 10.1. The van der Waals surface area contributed by atoms with Gasteiger partial charge in [-0.05, 0) is 81.1 Å². The summed E-state index contributed by atoms with van der Waals surface area (Å²) in [5.41, 5.74) is 1.49.